The summed E-state index contributed by atoms with van der Waals surface area (Å²) < 4.78 is 0. The van der Waals surface area contributed by atoms with Crippen molar-refractivity contribution in [2.24, 2.45) is 0 Å². The maximum absolute atomic E-state index is 13.0. The molecule has 4 N–H and O–H groups in total. The van der Waals surface area contributed by atoms with E-state index in [4.69, 9.17) is 23.2 Å². The van der Waals surface area contributed by atoms with Crippen molar-refractivity contribution >= 4 is 63.8 Å². The fourth-order valence-electron chi connectivity index (χ4n) is 3.50. The van der Waals surface area contributed by atoms with Crippen LogP contribution in [-0.4, -0.2) is 26.7 Å². The maximum Gasteiger partial charge on any atom is 0.271 e. The summed E-state index contributed by atoms with van der Waals surface area (Å²) in [6, 6.07) is 8.66. The number of carbonyl (C=O) groups is 2. The molecule has 1 aromatic heterocycles. The van der Waals surface area contributed by atoms with Crippen LogP contribution in [0, 0.1) is 17.0 Å². The van der Waals surface area contributed by atoms with Crippen molar-refractivity contribution in [1.29, 1.82) is 0 Å². The number of aromatic nitrogens is 2. The predicted molar refractivity (Wildman–Crippen MR) is 127 cm³/mol. The maximum atomic E-state index is 13.0. The number of aryl methyl sites for hydroxylation is 1. The minimum atomic E-state index is -1.16. The van der Waals surface area contributed by atoms with Crippen LogP contribution in [0.4, 0.5) is 28.8 Å². The topological polar surface area (TPSA) is 159 Å². The molecule has 13 heteroatoms. The molecule has 4 rings (SSSR count). The van der Waals surface area contributed by atoms with Gasteiger partial charge in [0.15, 0.2) is 0 Å². The number of H-pyrrole nitrogens is 1. The Bertz CT molecular complexity index is 1390. The molecule has 0 bridgehead atoms. The highest BCUT2D eigenvalue weighted by Gasteiger charge is 2.35. The Morgan fingerprint density at radius 3 is 2.56 bits per heavy atom. The lowest BCUT2D eigenvalue weighted by molar-refractivity contribution is -0.384. The molecule has 3 aromatic rings. The van der Waals surface area contributed by atoms with E-state index >= 15 is 0 Å². The molecule has 11 nitrogen and oxygen atoms in total. The van der Waals surface area contributed by atoms with Gasteiger partial charge in [-0.05, 0) is 30.7 Å². The summed E-state index contributed by atoms with van der Waals surface area (Å²) in [5.41, 5.74) is 0.335. The zero-order valence-electron chi connectivity index (χ0n) is 17.4. The van der Waals surface area contributed by atoms with E-state index in [1.54, 1.807) is 19.1 Å². The summed E-state index contributed by atoms with van der Waals surface area (Å²) in [7, 11) is 0. The van der Waals surface area contributed by atoms with E-state index in [0.29, 0.717) is 21.3 Å². The number of non-ortho nitro benzene ring substituents is 1. The summed E-state index contributed by atoms with van der Waals surface area (Å²) in [5.74, 6) is -2.43. The average Bonchev–Trinajstić information content (AvgIpc) is 2.73. The van der Waals surface area contributed by atoms with E-state index in [9.17, 15) is 24.5 Å². The van der Waals surface area contributed by atoms with Crippen LogP contribution in [0.1, 0.15) is 23.5 Å². The number of nitro groups is 1. The molecule has 0 fully saturated rings. The molecule has 1 atom stereocenters. The Morgan fingerprint density at radius 2 is 1.88 bits per heavy atom. The molecule has 0 aliphatic carbocycles. The predicted octanol–water partition coefficient (Wildman–Crippen LogP) is 4.10. The van der Waals surface area contributed by atoms with Gasteiger partial charge in [0.25, 0.3) is 11.2 Å². The quantitative estimate of drug-likeness (QED) is 0.301. The van der Waals surface area contributed by atoms with Gasteiger partial charge < -0.3 is 16.0 Å². The first-order chi connectivity index (χ1) is 16.1. The highest BCUT2D eigenvalue weighted by molar-refractivity contribution is 6.35. The van der Waals surface area contributed by atoms with E-state index in [2.05, 4.69) is 25.9 Å². The molecule has 1 unspecified atom stereocenters. The zero-order chi connectivity index (χ0) is 24.6. The summed E-state index contributed by atoms with van der Waals surface area (Å²) in [5, 5.41) is 19.7. The molecule has 0 saturated heterocycles. The van der Waals surface area contributed by atoms with Gasteiger partial charge in [0, 0.05) is 34.3 Å². The van der Waals surface area contributed by atoms with E-state index in [-0.39, 0.29) is 35.1 Å². The largest absolute Gasteiger partial charge is 0.326 e. The van der Waals surface area contributed by atoms with E-state index in [1.165, 1.54) is 24.3 Å². The Balaban J connectivity index is 1.65. The van der Waals surface area contributed by atoms with E-state index in [0.717, 1.165) is 0 Å². The third-order valence-electron chi connectivity index (χ3n) is 5.08. The van der Waals surface area contributed by atoms with Gasteiger partial charge >= 0.3 is 0 Å². The van der Waals surface area contributed by atoms with Crippen LogP contribution < -0.4 is 21.5 Å². The van der Waals surface area contributed by atoms with Crippen LogP contribution >= 0.6 is 23.2 Å². The smallest absolute Gasteiger partial charge is 0.271 e. The Hall–Kier alpha value is -3.96. The van der Waals surface area contributed by atoms with Crippen molar-refractivity contribution < 1.29 is 14.5 Å². The molecule has 2 heterocycles. The van der Waals surface area contributed by atoms with Gasteiger partial charge in [0.1, 0.15) is 5.82 Å². The summed E-state index contributed by atoms with van der Waals surface area (Å²) in [6.45, 7) is 1.66. The third-order valence-corrected chi connectivity index (χ3v) is 5.52. The van der Waals surface area contributed by atoms with Gasteiger partial charge in [0.05, 0.1) is 22.1 Å². The van der Waals surface area contributed by atoms with Gasteiger partial charge in [0.2, 0.25) is 17.8 Å². The Morgan fingerprint density at radius 1 is 1.18 bits per heavy atom. The minimum Gasteiger partial charge on any atom is -0.326 e. The van der Waals surface area contributed by atoms with E-state index < -0.39 is 28.2 Å². The number of aromatic amines is 1. The Labute approximate surface area is 201 Å². The molecule has 1 aliphatic rings. The van der Waals surface area contributed by atoms with Gasteiger partial charge in [-0.2, -0.15) is 4.98 Å². The molecule has 2 amide bonds. The molecule has 0 saturated carbocycles. The number of nitrogens with zero attached hydrogens (tertiary/aromatic N) is 2. The van der Waals surface area contributed by atoms with Crippen LogP contribution in [0.3, 0.4) is 0 Å². The minimum absolute atomic E-state index is 0.00188. The molecule has 0 radical (unpaired) electrons. The normalized spacial score (nSPS) is 14.7. The lowest BCUT2D eigenvalue weighted by atomic mass is 9.92. The first kappa shape index (κ1) is 23.2. The Kier molecular flexibility index (Phi) is 6.22. The van der Waals surface area contributed by atoms with Crippen molar-refractivity contribution in [2.45, 2.75) is 19.3 Å². The second kappa shape index (κ2) is 9.12. The lowest BCUT2D eigenvalue weighted by Gasteiger charge is -2.24. The summed E-state index contributed by atoms with van der Waals surface area (Å²) in [4.78, 5) is 55.4. The van der Waals surface area contributed by atoms with Crippen molar-refractivity contribution in [3.05, 3.63) is 78.0 Å². The van der Waals surface area contributed by atoms with Gasteiger partial charge in [-0.1, -0.05) is 29.3 Å². The molecular formula is C21H16Cl2N6O5. The number of hydrogen-bond acceptors (Lipinski definition) is 7. The average molecular weight is 503 g/mol. The van der Waals surface area contributed by atoms with Gasteiger partial charge in [-0.3, -0.25) is 29.5 Å². The van der Waals surface area contributed by atoms with Crippen molar-refractivity contribution in [3.8, 4) is 0 Å². The highest BCUT2D eigenvalue weighted by atomic mass is 35.5. The number of halogens is 2. The molecular weight excluding hydrogens is 487 g/mol. The molecule has 0 spiro atoms. The third kappa shape index (κ3) is 4.85. The molecule has 1 aliphatic heterocycles. The molecule has 174 valence electrons. The van der Waals surface area contributed by atoms with Crippen molar-refractivity contribution in [3.63, 3.8) is 0 Å². The summed E-state index contributed by atoms with van der Waals surface area (Å²) in [6.07, 6.45) is -0.297. The number of benzene rings is 2. The highest BCUT2D eigenvalue weighted by Crippen LogP contribution is 2.32. The number of anilines is 4. The number of hydrogen-bond donors (Lipinski definition) is 4. The second-order valence-electron chi connectivity index (χ2n) is 7.51. The van der Waals surface area contributed by atoms with Crippen molar-refractivity contribution in [2.75, 3.05) is 16.0 Å². The van der Waals surface area contributed by atoms with E-state index in [1.807, 2.05) is 0 Å². The standard InChI is InChI=1S/C21H16Cl2N6O5/c1-9-2-3-13(29(33)34)7-15(9)25-19(31)14-8-16(30)26-18-17(14)20(32)28-21(27-18)24-12-5-10(22)4-11(23)6-12/h2-7,14H,8H2,1H3,(H,25,31)(H3,24,26,27,28,30,32). The molecule has 34 heavy (non-hydrogen) atoms. The number of rotatable bonds is 5. The second-order valence-corrected chi connectivity index (χ2v) is 8.38. The van der Waals surface area contributed by atoms with Crippen molar-refractivity contribution in [1.82, 2.24) is 9.97 Å². The van der Waals surface area contributed by atoms with Gasteiger partial charge in [-0.15, -0.1) is 0 Å². The fourth-order valence-corrected chi connectivity index (χ4v) is 4.02. The van der Waals surface area contributed by atoms with Crippen LogP contribution in [0.5, 0.6) is 0 Å². The molecule has 2 aromatic carbocycles. The first-order valence-corrected chi connectivity index (χ1v) is 10.6. The number of nitrogens with one attached hydrogen (secondary N) is 4. The van der Waals surface area contributed by atoms with Crippen LogP contribution in [0.15, 0.2) is 41.2 Å². The fraction of sp³-hybridized carbons (Fsp3) is 0.143. The number of amides is 2. The summed E-state index contributed by atoms with van der Waals surface area (Å²) >= 11 is 12.0. The number of nitro benzene ring substituents is 1. The van der Waals surface area contributed by atoms with Crippen LogP contribution in [-0.2, 0) is 9.59 Å². The van der Waals surface area contributed by atoms with Crippen LogP contribution in [0.25, 0.3) is 0 Å². The van der Waals surface area contributed by atoms with Gasteiger partial charge in [-0.25, -0.2) is 0 Å². The SMILES string of the molecule is Cc1ccc([N+](=O)[O-])cc1NC(=O)C1CC(=O)Nc2nc(Nc3cc(Cl)cc(Cl)c3)[nH]c(=O)c21. The number of carbonyl (C=O) groups excluding carboxylic acids is 2. The number of fused-ring (bicyclic) bond motifs is 1. The monoisotopic (exact) mass is 502 g/mol. The first-order valence-electron chi connectivity index (χ1n) is 9.84. The van der Waals surface area contributed by atoms with Crippen LogP contribution in [0.2, 0.25) is 10.0 Å². The lowest BCUT2D eigenvalue weighted by Crippen LogP contribution is -2.36. The zero-order valence-corrected chi connectivity index (χ0v) is 19.0.